The molecule has 23 heavy (non-hydrogen) atoms. The maximum atomic E-state index is 11.8. The highest BCUT2D eigenvalue weighted by Crippen LogP contribution is 2.18. The molecule has 0 aromatic heterocycles. The van der Waals surface area contributed by atoms with Crippen LogP contribution in [0.25, 0.3) is 0 Å². The van der Waals surface area contributed by atoms with Crippen molar-refractivity contribution >= 4 is 19.7 Å². The molecule has 0 spiro atoms. The third kappa shape index (κ3) is 4.90. The highest BCUT2D eigenvalue weighted by molar-refractivity contribution is 7.92. The quantitative estimate of drug-likeness (QED) is 0.701. The maximum absolute atomic E-state index is 11.8. The van der Waals surface area contributed by atoms with E-state index in [9.17, 15) is 16.8 Å². The third-order valence-corrected chi connectivity index (χ3v) is 9.56. The summed E-state index contributed by atoms with van der Waals surface area (Å²) in [5.41, 5.74) is 0. The summed E-state index contributed by atoms with van der Waals surface area (Å²) in [6.07, 6.45) is 2.04. The van der Waals surface area contributed by atoms with E-state index in [2.05, 4.69) is 16.7 Å². The van der Waals surface area contributed by atoms with Gasteiger partial charge in [0.1, 0.15) is 0 Å². The number of hydrogen-bond acceptors (Lipinski definition) is 6. The van der Waals surface area contributed by atoms with E-state index in [0.29, 0.717) is 32.2 Å². The van der Waals surface area contributed by atoms with Gasteiger partial charge in [0.2, 0.25) is 0 Å². The molecular weight excluding hydrogens is 336 g/mol. The molecule has 0 N–H and O–H groups in total. The van der Waals surface area contributed by atoms with Crippen molar-refractivity contribution in [2.24, 2.45) is 0 Å². The molecule has 6 nitrogen and oxygen atoms in total. The topological polar surface area (TPSA) is 74.8 Å². The van der Waals surface area contributed by atoms with Crippen molar-refractivity contribution in [2.45, 2.75) is 50.2 Å². The summed E-state index contributed by atoms with van der Waals surface area (Å²) in [7, 11) is -5.77. The predicted octanol–water partition coefficient (Wildman–Crippen LogP) is 0.393. The summed E-state index contributed by atoms with van der Waals surface area (Å²) in [6, 6.07) is 0.374. The Morgan fingerprint density at radius 1 is 0.957 bits per heavy atom. The zero-order valence-electron chi connectivity index (χ0n) is 14.4. The summed E-state index contributed by atoms with van der Waals surface area (Å²) >= 11 is 0. The predicted molar refractivity (Wildman–Crippen MR) is 93.2 cm³/mol. The van der Waals surface area contributed by atoms with E-state index in [1.54, 1.807) is 13.8 Å². The second kappa shape index (κ2) is 7.37. The smallest absolute Gasteiger partial charge is 0.155 e. The number of rotatable bonds is 5. The van der Waals surface area contributed by atoms with Gasteiger partial charge < -0.3 is 4.90 Å². The van der Waals surface area contributed by atoms with Crippen LogP contribution < -0.4 is 0 Å². The summed E-state index contributed by atoms with van der Waals surface area (Å²) in [6.45, 7) is 9.20. The van der Waals surface area contributed by atoms with Gasteiger partial charge in [0.05, 0.1) is 22.0 Å². The van der Waals surface area contributed by atoms with Crippen molar-refractivity contribution < 1.29 is 16.8 Å². The Hall–Kier alpha value is -0.180. The molecule has 2 fully saturated rings. The zero-order chi connectivity index (χ0) is 17.3. The lowest BCUT2D eigenvalue weighted by molar-refractivity contribution is 0.190. The molecule has 0 saturated carbocycles. The van der Waals surface area contributed by atoms with Gasteiger partial charge in [-0.15, -0.1) is 0 Å². The second-order valence-corrected chi connectivity index (χ2v) is 12.2. The van der Waals surface area contributed by atoms with Gasteiger partial charge in [-0.3, -0.25) is 4.90 Å². The Labute approximate surface area is 141 Å². The molecule has 136 valence electrons. The monoisotopic (exact) mass is 366 g/mol. The van der Waals surface area contributed by atoms with Crippen molar-refractivity contribution in [3.05, 3.63) is 0 Å². The number of sulfone groups is 2. The van der Waals surface area contributed by atoms with Crippen LogP contribution in [0.2, 0.25) is 0 Å². The van der Waals surface area contributed by atoms with Gasteiger partial charge in [-0.05, 0) is 40.2 Å². The van der Waals surface area contributed by atoms with E-state index < -0.39 is 19.7 Å². The van der Waals surface area contributed by atoms with E-state index in [4.69, 9.17) is 0 Å². The number of nitrogens with zero attached hydrogens (tertiary/aromatic N) is 2. The summed E-state index contributed by atoms with van der Waals surface area (Å²) < 4.78 is 47.0. The van der Waals surface area contributed by atoms with Crippen LogP contribution in [0.1, 0.15) is 33.6 Å². The van der Waals surface area contributed by atoms with E-state index in [-0.39, 0.29) is 22.0 Å². The van der Waals surface area contributed by atoms with E-state index in [1.807, 2.05) is 0 Å². The van der Waals surface area contributed by atoms with Crippen molar-refractivity contribution in [3.8, 4) is 0 Å². The van der Waals surface area contributed by atoms with E-state index in [1.165, 1.54) is 0 Å². The van der Waals surface area contributed by atoms with Crippen LogP contribution in [0.3, 0.4) is 0 Å². The summed E-state index contributed by atoms with van der Waals surface area (Å²) in [4.78, 5) is 4.51. The van der Waals surface area contributed by atoms with Crippen molar-refractivity contribution in [3.63, 3.8) is 0 Å². The van der Waals surface area contributed by atoms with Crippen molar-refractivity contribution in [1.82, 2.24) is 9.80 Å². The molecule has 0 aliphatic carbocycles. The third-order valence-electron chi connectivity index (χ3n) is 5.31. The van der Waals surface area contributed by atoms with Crippen LogP contribution in [0.5, 0.6) is 0 Å². The van der Waals surface area contributed by atoms with Crippen LogP contribution in [-0.2, 0) is 19.7 Å². The van der Waals surface area contributed by atoms with Crippen molar-refractivity contribution in [1.29, 1.82) is 0 Å². The molecule has 1 unspecified atom stereocenters. The highest BCUT2D eigenvalue weighted by atomic mass is 32.2. The lowest BCUT2D eigenvalue weighted by Crippen LogP contribution is -2.49. The first kappa shape index (κ1) is 19.1. The minimum atomic E-state index is -2.89. The molecule has 2 saturated heterocycles. The molecule has 2 aliphatic heterocycles. The largest absolute Gasteiger partial charge is 0.301 e. The van der Waals surface area contributed by atoms with Crippen LogP contribution in [-0.4, -0.2) is 87.4 Å². The Balaban J connectivity index is 1.72. The number of hydrogen-bond donors (Lipinski definition) is 0. The fourth-order valence-corrected chi connectivity index (χ4v) is 6.07. The van der Waals surface area contributed by atoms with Gasteiger partial charge in [-0.2, -0.15) is 0 Å². The molecule has 0 radical (unpaired) electrons. The van der Waals surface area contributed by atoms with Gasteiger partial charge in [0.15, 0.2) is 19.7 Å². The maximum Gasteiger partial charge on any atom is 0.155 e. The lowest BCUT2D eigenvalue weighted by Gasteiger charge is -2.36. The molecule has 8 heteroatoms. The summed E-state index contributed by atoms with van der Waals surface area (Å²) in [5, 5.41) is -0.534. The van der Waals surface area contributed by atoms with Gasteiger partial charge in [0.25, 0.3) is 0 Å². The van der Waals surface area contributed by atoms with Crippen LogP contribution in [0.15, 0.2) is 0 Å². The molecule has 0 aromatic carbocycles. The second-order valence-electron chi connectivity index (χ2n) is 7.14. The highest BCUT2D eigenvalue weighted by Gasteiger charge is 2.32. The molecule has 0 aromatic rings. The molecule has 3 atom stereocenters. The van der Waals surface area contributed by atoms with Gasteiger partial charge in [-0.25, -0.2) is 16.8 Å². The van der Waals surface area contributed by atoms with Gasteiger partial charge in [-0.1, -0.05) is 0 Å². The minimum Gasteiger partial charge on any atom is -0.301 e. The zero-order valence-corrected chi connectivity index (χ0v) is 16.1. The molecule has 0 amide bonds. The van der Waals surface area contributed by atoms with E-state index in [0.717, 1.165) is 19.4 Å². The Kier molecular flexibility index (Phi) is 6.14. The normalized spacial score (nSPS) is 33.3. The Bertz CT molecular complexity index is 603. The van der Waals surface area contributed by atoms with Crippen LogP contribution in [0, 0.1) is 0 Å². The first-order valence-corrected chi connectivity index (χ1v) is 11.9. The Morgan fingerprint density at radius 3 is 2.09 bits per heavy atom. The van der Waals surface area contributed by atoms with Gasteiger partial charge >= 0.3 is 0 Å². The summed E-state index contributed by atoms with van der Waals surface area (Å²) in [5.74, 6) is 0.533. The standard InChI is InChI=1S/C15H30N2O4S2/c1-13(17-8-10-23(20,21)15(3)12-17)5-4-6-16-7-9-22(18,19)14(2)11-16/h13-15H,4-12H2,1-3H3/t13?,14-,15-/m0/s1. The van der Waals surface area contributed by atoms with Gasteiger partial charge in [0, 0.05) is 32.2 Å². The minimum absolute atomic E-state index is 0.262. The molecule has 2 heterocycles. The fraction of sp³-hybridized carbons (Fsp3) is 1.00. The average Bonchev–Trinajstić information content (AvgIpc) is 2.46. The first-order chi connectivity index (χ1) is 10.6. The van der Waals surface area contributed by atoms with Crippen LogP contribution in [0.4, 0.5) is 0 Å². The first-order valence-electron chi connectivity index (χ1n) is 8.51. The molecule has 2 aliphatic rings. The average molecular weight is 367 g/mol. The van der Waals surface area contributed by atoms with Crippen molar-refractivity contribution in [2.75, 3.05) is 44.2 Å². The fourth-order valence-electron chi connectivity index (χ4n) is 3.40. The van der Waals surface area contributed by atoms with Crippen LogP contribution >= 0.6 is 0 Å². The lowest BCUT2D eigenvalue weighted by atomic mass is 10.1. The Morgan fingerprint density at radius 2 is 1.52 bits per heavy atom. The molecule has 0 bridgehead atoms. The SMILES string of the molecule is CC(CCCN1CCS(=O)(=O)[C@@H](C)C1)N1CCS(=O)(=O)[C@@H](C)C1. The van der Waals surface area contributed by atoms with E-state index >= 15 is 0 Å². The molecular formula is C15H30N2O4S2. The molecule has 2 rings (SSSR count).